The first-order valence-corrected chi connectivity index (χ1v) is 13.5. The number of halogens is 1. The number of nitrogens with one attached hydrogen (secondary N) is 1. The van der Waals surface area contributed by atoms with Gasteiger partial charge in [0.15, 0.2) is 0 Å². The van der Waals surface area contributed by atoms with Crippen molar-refractivity contribution in [3.63, 3.8) is 0 Å². The van der Waals surface area contributed by atoms with Crippen LogP contribution in [0.15, 0.2) is 42.5 Å². The number of benzene rings is 2. The summed E-state index contributed by atoms with van der Waals surface area (Å²) >= 11 is 6.09. The Balaban J connectivity index is 1.27. The molecule has 5 rings (SSSR count). The second-order valence-corrected chi connectivity index (χ2v) is 10.5. The summed E-state index contributed by atoms with van der Waals surface area (Å²) in [5.74, 6) is 0.950. The van der Waals surface area contributed by atoms with E-state index in [0.717, 1.165) is 82.6 Å². The molecule has 7 nitrogen and oxygen atoms in total. The average molecular weight is 513 g/mol. The standard InChI is InChI=1S/C28H37ClN4O3/c1-35-24-8-5-22-17-25(28(34)30-9-2-10-31-13-15-36-16-14-31)27-20-32(11-12-33(27)26(22)18-24)19-21-3-6-23(29)7-4-21/h3-8,18,25,27H,2,9-17,19-20H2,1H3,(H,30,34)/t25-,27-/m0/s1. The van der Waals surface area contributed by atoms with Gasteiger partial charge in [-0.3, -0.25) is 14.6 Å². The van der Waals surface area contributed by atoms with Gasteiger partial charge in [-0.05, 0) is 48.7 Å². The fraction of sp³-hybridized carbons (Fsp3) is 0.536. The Hall–Kier alpha value is -2.32. The number of ether oxygens (including phenoxy) is 2. The van der Waals surface area contributed by atoms with Crippen molar-refractivity contribution in [1.29, 1.82) is 0 Å². The van der Waals surface area contributed by atoms with E-state index in [2.05, 4.69) is 44.3 Å². The molecule has 1 N–H and O–H groups in total. The van der Waals surface area contributed by atoms with Gasteiger partial charge in [0, 0.05) is 62.6 Å². The van der Waals surface area contributed by atoms with E-state index < -0.39 is 0 Å². The predicted octanol–water partition coefficient (Wildman–Crippen LogP) is 3.05. The Morgan fingerprint density at radius 2 is 1.89 bits per heavy atom. The van der Waals surface area contributed by atoms with Crippen LogP contribution in [0.1, 0.15) is 17.5 Å². The van der Waals surface area contributed by atoms with E-state index >= 15 is 0 Å². The molecular formula is C28H37ClN4O3. The summed E-state index contributed by atoms with van der Waals surface area (Å²) in [6.45, 7) is 8.85. The molecule has 2 aromatic rings. The number of rotatable bonds is 8. The third-order valence-electron chi connectivity index (χ3n) is 7.72. The van der Waals surface area contributed by atoms with Gasteiger partial charge in [-0.2, -0.15) is 0 Å². The normalized spacial score (nSPS) is 22.6. The molecule has 0 spiro atoms. The van der Waals surface area contributed by atoms with Crippen LogP contribution >= 0.6 is 11.6 Å². The lowest BCUT2D eigenvalue weighted by Gasteiger charge is -2.49. The maximum atomic E-state index is 13.5. The highest BCUT2D eigenvalue weighted by molar-refractivity contribution is 6.30. The van der Waals surface area contributed by atoms with Gasteiger partial charge in [0.2, 0.25) is 5.91 Å². The molecule has 0 unspecified atom stereocenters. The van der Waals surface area contributed by atoms with Gasteiger partial charge in [0.05, 0.1) is 32.3 Å². The summed E-state index contributed by atoms with van der Waals surface area (Å²) in [7, 11) is 1.71. The number of hydrogen-bond donors (Lipinski definition) is 1. The molecule has 2 fully saturated rings. The minimum absolute atomic E-state index is 0.0812. The molecule has 0 aliphatic carbocycles. The first-order valence-electron chi connectivity index (χ1n) is 13.1. The molecule has 1 amide bonds. The van der Waals surface area contributed by atoms with Gasteiger partial charge in [0.1, 0.15) is 5.75 Å². The van der Waals surface area contributed by atoms with Gasteiger partial charge in [0.25, 0.3) is 0 Å². The van der Waals surface area contributed by atoms with Crippen molar-refractivity contribution in [2.45, 2.75) is 25.4 Å². The monoisotopic (exact) mass is 512 g/mol. The number of carbonyl (C=O) groups excluding carboxylic acids is 1. The maximum absolute atomic E-state index is 13.5. The Labute approximate surface area is 219 Å². The molecule has 3 aliphatic heterocycles. The van der Waals surface area contributed by atoms with Gasteiger partial charge in [-0.15, -0.1) is 0 Å². The summed E-state index contributed by atoms with van der Waals surface area (Å²) in [6, 6.07) is 14.5. The maximum Gasteiger partial charge on any atom is 0.225 e. The third kappa shape index (κ3) is 5.97. The molecule has 0 radical (unpaired) electrons. The van der Waals surface area contributed by atoms with Crippen LogP contribution in [-0.4, -0.2) is 87.9 Å². The average Bonchev–Trinajstić information content (AvgIpc) is 2.92. The molecular weight excluding hydrogens is 476 g/mol. The molecule has 0 bridgehead atoms. The Bertz CT molecular complexity index is 1030. The van der Waals surface area contributed by atoms with Crippen molar-refractivity contribution in [2.75, 3.05) is 71.0 Å². The van der Waals surface area contributed by atoms with Gasteiger partial charge >= 0.3 is 0 Å². The lowest BCUT2D eigenvalue weighted by molar-refractivity contribution is -0.126. The van der Waals surface area contributed by atoms with Crippen molar-refractivity contribution in [1.82, 2.24) is 15.1 Å². The van der Waals surface area contributed by atoms with Crippen molar-refractivity contribution in [3.8, 4) is 5.75 Å². The molecule has 2 atom stereocenters. The van der Waals surface area contributed by atoms with Crippen molar-refractivity contribution in [3.05, 3.63) is 58.6 Å². The Morgan fingerprint density at radius 3 is 2.67 bits per heavy atom. The highest BCUT2D eigenvalue weighted by atomic mass is 35.5. The molecule has 0 saturated carbocycles. The summed E-state index contributed by atoms with van der Waals surface area (Å²) in [4.78, 5) is 20.8. The highest BCUT2D eigenvalue weighted by Gasteiger charge is 2.41. The Kier molecular flexibility index (Phi) is 8.32. The van der Waals surface area contributed by atoms with Crippen LogP contribution < -0.4 is 15.0 Å². The van der Waals surface area contributed by atoms with E-state index in [1.165, 1.54) is 16.8 Å². The second-order valence-electron chi connectivity index (χ2n) is 10.0. The number of hydrogen-bond acceptors (Lipinski definition) is 6. The van der Waals surface area contributed by atoms with Gasteiger partial charge < -0.3 is 19.7 Å². The van der Waals surface area contributed by atoms with E-state index in [1.807, 2.05) is 18.2 Å². The number of amides is 1. The van der Waals surface area contributed by atoms with Crippen LogP contribution in [0, 0.1) is 5.92 Å². The van der Waals surface area contributed by atoms with Crippen LogP contribution in [0.4, 0.5) is 5.69 Å². The van der Waals surface area contributed by atoms with E-state index in [4.69, 9.17) is 21.1 Å². The minimum Gasteiger partial charge on any atom is -0.497 e. The fourth-order valence-electron chi connectivity index (χ4n) is 5.73. The summed E-state index contributed by atoms with van der Waals surface area (Å²) in [5, 5.41) is 4.02. The van der Waals surface area contributed by atoms with E-state index in [9.17, 15) is 4.79 Å². The first-order chi connectivity index (χ1) is 17.6. The van der Waals surface area contributed by atoms with Crippen molar-refractivity contribution < 1.29 is 14.3 Å². The quantitative estimate of drug-likeness (QED) is 0.549. The fourth-order valence-corrected chi connectivity index (χ4v) is 5.85. The Morgan fingerprint density at radius 1 is 1.08 bits per heavy atom. The van der Waals surface area contributed by atoms with Gasteiger partial charge in [-0.1, -0.05) is 29.8 Å². The summed E-state index contributed by atoms with van der Waals surface area (Å²) in [6.07, 6.45) is 1.72. The van der Waals surface area contributed by atoms with Crippen LogP contribution in [0.5, 0.6) is 5.75 Å². The first kappa shape index (κ1) is 25.3. The zero-order valence-corrected chi connectivity index (χ0v) is 21.9. The highest BCUT2D eigenvalue weighted by Crippen LogP contribution is 2.38. The molecule has 2 saturated heterocycles. The van der Waals surface area contributed by atoms with Crippen LogP contribution in [-0.2, 0) is 22.5 Å². The second kappa shape index (κ2) is 11.8. The topological polar surface area (TPSA) is 57.3 Å². The largest absolute Gasteiger partial charge is 0.497 e. The molecule has 8 heteroatoms. The predicted molar refractivity (Wildman–Crippen MR) is 143 cm³/mol. The zero-order chi connectivity index (χ0) is 24.9. The van der Waals surface area contributed by atoms with Crippen LogP contribution in [0.25, 0.3) is 0 Å². The lowest BCUT2D eigenvalue weighted by atomic mass is 9.83. The van der Waals surface area contributed by atoms with Gasteiger partial charge in [-0.25, -0.2) is 0 Å². The van der Waals surface area contributed by atoms with E-state index in [0.29, 0.717) is 6.54 Å². The van der Waals surface area contributed by atoms with Crippen molar-refractivity contribution in [2.24, 2.45) is 5.92 Å². The molecule has 2 aromatic carbocycles. The summed E-state index contributed by atoms with van der Waals surface area (Å²) in [5.41, 5.74) is 3.68. The number of fused-ring (bicyclic) bond motifs is 3. The SMILES string of the molecule is COc1ccc2c(c1)N1CCN(Cc3ccc(Cl)cc3)C[C@H]1[C@@H](C(=O)NCCCN1CCOCC1)C2. The lowest BCUT2D eigenvalue weighted by Crippen LogP contribution is -2.61. The number of anilines is 1. The van der Waals surface area contributed by atoms with Crippen LogP contribution in [0.2, 0.25) is 5.02 Å². The minimum atomic E-state index is -0.0812. The summed E-state index contributed by atoms with van der Waals surface area (Å²) < 4.78 is 11.0. The molecule has 194 valence electrons. The smallest absolute Gasteiger partial charge is 0.225 e. The number of morpholine rings is 1. The number of nitrogens with zero attached hydrogens (tertiary/aromatic N) is 3. The number of methoxy groups -OCH3 is 1. The van der Waals surface area contributed by atoms with E-state index in [1.54, 1.807) is 7.11 Å². The molecule has 3 aliphatic rings. The number of piperazine rings is 1. The van der Waals surface area contributed by atoms with Crippen LogP contribution in [0.3, 0.4) is 0 Å². The van der Waals surface area contributed by atoms with E-state index in [-0.39, 0.29) is 17.9 Å². The zero-order valence-electron chi connectivity index (χ0n) is 21.1. The molecule has 0 aromatic heterocycles. The molecule has 36 heavy (non-hydrogen) atoms. The van der Waals surface area contributed by atoms with Crippen molar-refractivity contribution >= 4 is 23.2 Å². The number of carbonyl (C=O) groups is 1. The molecule has 3 heterocycles. The third-order valence-corrected chi connectivity index (χ3v) is 7.97.